The number of benzene rings is 4. The molecular weight excluding hydrogens is 559 g/mol. The number of para-hydroxylation sites is 2. The number of hydrogen-bond donors (Lipinski definition) is 1. The number of carbonyl (C=O) groups excluding carboxylic acids is 2. The third-order valence-corrected chi connectivity index (χ3v) is 6.70. The maximum absolute atomic E-state index is 12.9. The van der Waals surface area contributed by atoms with Gasteiger partial charge in [-0.2, -0.15) is 23.0 Å². The van der Waals surface area contributed by atoms with Crippen molar-refractivity contribution in [2.45, 2.75) is 20.0 Å². The van der Waals surface area contributed by atoms with E-state index in [1.54, 1.807) is 42.1 Å². The zero-order chi connectivity index (χ0) is 30.7. The molecule has 218 valence electrons. The van der Waals surface area contributed by atoms with Crippen LogP contribution in [0.3, 0.4) is 0 Å². The molecule has 0 aliphatic carbocycles. The van der Waals surface area contributed by atoms with Gasteiger partial charge in [-0.25, -0.2) is 0 Å². The molecule has 0 bridgehead atoms. The van der Waals surface area contributed by atoms with E-state index in [-0.39, 0.29) is 11.4 Å². The summed E-state index contributed by atoms with van der Waals surface area (Å²) in [6, 6.07) is 25.6. The van der Waals surface area contributed by atoms with Crippen LogP contribution in [0.15, 0.2) is 97.1 Å². The molecule has 0 aliphatic rings. The van der Waals surface area contributed by atoms with Gasteiger partial charge in [-0.1, -0.05) is 42.5 Å². The monoisotopic (exact) mass is 585 g/mol. The van der Waals surface area contributed by atoms with Gasteiger partial charge in [-0.05, 0) is 72.6 Å². The molecule has 0 fully saturated rings. The van der Waals surface area contributed by atoms with E-state index in [9.17, 15) is 22.8 Å². The number of aromatic nitrogens is 2. The van der Waals surface area contributed by atoms with Gasteiger partial charge in [0.15, 0.2) is 0 Å². The number of hydrogen-bond acceptors (Lipinski definition) is 5. The lowest BCUT2D eigenvalue weighted by Gasteiger charge is -2.12. The van der Waals surface area contributed by atoms with Crippen LogP contribution in [0.5, 0.6) is 11.6 Å². The van der Waals surface area contributed by atoms with Crippen molar-refractivity contribution in [1.29, 1.82) is 0 Å². The first kappa shape index (κ1) is 29.1. The fraction of sp³-hybridized carbons (Fsp3) is 0.121. The van der Waals surface area contributed by atoms with E-state index in [1.807, 2.05) is 49.4 Å². The average molecular weight is 586 g/mol. The Labute approximate surface area is 245 Å². The second kappa shape index (κ2) is 11.8. The normalized spacial score (nSPS) is 11.2. The molecular formula is C33H26F3N3O4. The minimum absolute atomic E-state index is 0.0761. The number of amides is 1. The van der Waals surface area contributed by atoms with Crippen molar-refractivity contribution < 1.29 is 32.2 Å². The molecule has 0 unspecified atom stereocenters. The minimum Gasteiger partial charge on any atom is -0.496 e. The molecule has 4 aromatic carbocycles. The molecule has 1 N–H and O–H groups in total. The van der Waals surface area contributed by atoms with Gasteiger partial charge in [-0.3, -0.25) is 9.59 Å². The number of esters is 1. The third-order valence-electron chi connectivity index (χ3n) is 6.70. The Hall–Kier alpha value is -5.38. The smallest absolute Gasteiger partial charge is 0.416 e. The van der Waals surface area contributed by atoms with E-state index < -0.39 is 23.6 Å². The fourth-order valence-electron chi connectivity index (χ4n) is 4.62. The molecule has 1 heterocycles. The van der Waals surface area contributed by atoms with Gasteiger partial charge >= 0.3 is 12.1 Å². The van der Waals surface area contributed by atoms with Gasteiger partial charge in [0.25, 0.3) is 5.91 Å². The van der Waals surface area contributed by atoms with Gasteiger partial charge in [0.2, 0.25) is 5.88 Å². The van der Waals surface area contributed by atoms with Crippen LogP contribution in [0.4, 0.5) is 18.9 Å². The fourth-order valence-corrected chi connectivity index (χ4v) is 4.62. The van der Waals surface area contributed by atoms with Gasteiger partial charge in [-0.15, -0.1) is 0 Å². The molecule has 0 aliphatic heterocycles. The van der Waals surface area contributed by atoms with Crippen molar-refractivity contribution in [2.24, 2.45) is 0 Å². The van der Waals surface area contributed by atoms with Crippen LogP contribution >= 0.6 is 0 Å². The Balaban J connectivity index is 1.58. The number of ether oxygens (including phenoxy) is 2. The summed E-state index contributed by atoms with van der Waals surface area (Å²) in [6.07, 6.45) is -4.49. The molecule has 5 rings (SSSR count). The van der Waals surface area contributed by atoms with Crippen LogP contribution in [-0.4, -0.2) is 28.8 Å². The molecule has 1 amide bonds. The largest absolute Gasteiger partial charge is 0.496 e. The van der Waals surface area contributed by atoms with E-state index in [2.05, 4.69) is 5.32 Å². The van der Waals surface area contributed by atoms with Crippen molar-refractivity contribution in [2.75, 3.05) is 12.4 Å². The number of nitrogens with one attached hydrogen (secondary N) is 1. The van der Waals surface area contributed by atoms with Gasteiger partial charge in [0, 0.05) is 23.7 Å². The molecule has 0 saturated heterocycles. The summed E-state index contributed by atoms with van der Waals surface area (Å²) >= 11 is 0. The average Bonchev–Trinajstić information content (AvgIpc) is 3.35. The highest BCUT2D eigenvalue weighted by Crippen LogP contribution is 2.44. The Kier molecular flexibility index (Phi) is 8.03. The molecule has 0 spiro atoms. The van der Waals surface area contributed by atoms with Crippen LogP contribution in [0.1, 0.15) is 28.4 Å². The predicted octanol–water partition coefficient (Wildman–Crippen LogP) is 7.72. The van der Waals surface area contributed by atoms with Crippen molar-refractivity contribution in [3.8, 4) is 39.7 Å². The molecule has 0 atom stereocenters. The summed E-state index contributed by atoms with van der Waals surface area (Å²) in [5.74, 6) is -0.343. The molecule has 0 radical (unpaired) electrons. The summed E-state index contributed by atoms with van der Waals surface area (Å²) in [4.78, 5) is 25.1. The molecule has 10 heteroatoms. The zero-order valence-corrected chi connectivity index (χ0v) is 23.4. The second-order valence-corrected chi connectivity index (χ2v) is 9.63. The quantitative estimate of drug-likeness (QED) is 0.198. The van der Waals surface area contributed by atoms with E-state index in [1.165, 1.54) is 6.92 Å². The number of rotatable bonds is 7. The van der Waals surface area contributed by atoms with Gasteiger partial charge in [0.1, 0.15) is 11.4 Å². The third kappa shape index (κ3) is 6.13. The summed E-state index contributed by atoms with van der Waals surface area (Å²) in [6.45, 7) is 3.23. The number of aryl methyl sites for hydroxylation is 1. The Bertz CT molecular complexity index is 1790. The first-order valence-electron chi connectivity index (χ1n) is 13.2. The molecule has 43 heavy (non-hydrogen) atoms. The Morgan fingerprint density at radius 1 is 0.860 bits per heavy atom. The van der Waals surface area contributed by atoms with Crippen molar-refractivity contribution in [3.63, 3.8) is 0 Å². The number of alkyl halides is 3. The van der Waals surface area contributed by atoms with Crippen molar-refractivity contribution in [3.05, 3.63) is 114 Å². The highest BCUT2D eigenvalue weighted by atomic mass is 19.4. The summed E-state index contributed by atoms with van der Waals surface area (Å²) < 4.78 is 51.7. The lowest BCUT2D eigenvalue weighted by molar-refractivity contribution is -0.137. The molecule has 7 nitrogen and oxygen atoms in total. The lowest BCUT2D eigenvalue weighted by atomic mass is 10.00. The first-order chi connectivity index (χ1) is 20.6. The highest BCUT2D eigenvalue weighted by Gasteiger charge is 2.30. The number of anilines is 1. The van der Waals surface area contributed by atoms with Gasteiger partial charge in [0.05, 0.1) is 23.9 Å². The molecule has 0 saturated carbocycles. The zero-order valence-electron chi connectivity index (χ0n) is 23.4. The summed E-state index contributed by atoms with van der Waals surface area (Å²) in [7, 11) is 1.55. The van der Waals surface area contributed by atoms with Crippen LogP contribution in [-0.2, 0) is 11.0 Å². The Morgan fingerprint density at radius 2 is 1.51 bits per heavy atom. The van der Waals surface area contributed by atoms with E-state index in [0.717, 1.165) is 29.8 Å². The minimum atomic E-state index is -4.49. The van der Waals surface area contributed by atoms with E-state index >= 15 is 0 Å². The summed E-state index contributed by atoms with van der Waals surface area (Å²) in [5.41, 5.74) is 3.57. The van der Waals surface area contributed by atoms with Gasteiger partial charge < -0.3 is 14.8 Å². The van der Waals surface area contributed by atoms with Crippen LogP contribution in [0.25, 0.3) is 28.1 Å². The van der Waals surface area contributed by atoms with Crippen molar-refractivity contribution in [1.82, 2.24) is 9.78 Å². The standard InChI is InChI=1S/C33H26F3N3O4/c1-20-8-4-6-10-27(20)39-32(43-21(2)40)29(30(38-39)26-9-5-7-11-28(26)42-3)22-14-18-25(19-15-22)37-31(41)23-12-16-24(17-13-23)33(34,35)36/h4-19H,1-3H3,(H,37,41). The van der Waals surface area contributed by atoms with Crippen LogP contribution < -0.4 is 14.8 Å². The van der Waals surface area contributed by atoms with Crippen LogP contribution in [0.2, 0.25) is 0 Å². The maximum Gasteiger partial charge on any atom is 0.416 e. The summed E-state index contributed by atoms with van der Waals surface area (Å²) in [5, 5.41) is 7.59. The van der Waals surface area contributed by atoms with E-state index in [4.69, 9.17) is 14.6 Å². The van der Waals surface area contributed by atoms with Crippen molar-refractivity contribution >= 4 is 17.6 Å². The number of halogens is 3. The number of nitrogens with zero attached hydrogens (tertiary/aromatic N) is 2. The molecule has 1 aromatic heterocycles. The topological polar surface area (TPSA) is 82.4 Å². The SMILES string of the molecule is COc1ccccc1-c1nn(-c2ccccc2C)c(OC(C)=O)c1-c1ccc(NC(=O)c2ccc(C(F)(F)F)cc2)cc1. The maximum atomic E-state index is 12.9. The highest BCUT2D eigenvalue weighted by molar-refractivity contribution is 6.04. The second-order valence-electron chi connectivity index (χ2n) is 9.63. The Morgan fingerprint density at radius 3 is 2.14 bits per heavy atom. The lowest BCUT2D eigenvalue weighted by Crippen LogP contribution is -2.12. The first-order valence-corrected chi connectivity index (χ1v) is 13.2. The molecule has 5 aromatic rings. The van der Waals surface area contributed by atoms with Crippen LogP contribution in [0, 0.1) is 6.92 Å². The number of carbonyl (C=O) groups is 2. The van der Waals surface area contributed by atoms with E-state index in [0.29, 0.717) is 39.5 Å². The predicted molar refractivity (Wildman–Crippen MR) is 156 cm³/mol. The number of methoxy groups -OCH3 is 1.